The summed E-state index contributed by atoms with van der Waals surface area (Å²) in [4.78, 5) is 2.73. The van der Waals surface area contributed by atoms with Crippen LogP contribution in [-0.2, 0) is 4.74 Å². The van der Waals surface area contributed by atoms with E-state index in [-0.39, 0.29) is 11.0 Å². The van der Waals surface area contributed by atoms with Crippen molar-refractivity contribution in [2.24, 2.45) is 23.0 Å². The van der Waals surface area contributed by atoms with Gasteiger partial charge in [-0.15, -0.1) is 0 Å². The van der Waals surface area contributed by atoms with Crippen LogP contribution < -0.4 is 5.73 Å². The molecule has 3 heteroatoms. The Labute approximate surface area is 116 Å². The smallest absolute Gasteiger partial charge is 0.0691 e. The fraction of sp³-hybridized carbons (Fsp3) is 1.00. The molecule has 1 heterocycles. The van der Waals surface area contributed by atoms with Crippen molar-refractivity contribution in [1.82, 2.24) is 4.90 Å². The summed E-state index contributed by atoms with van der Waals surface area (Å²) in [6.45, 7) is 7.97. The second-order valence-corrected chi connectivity index (χ2v) is 8.05. The van der Waals surface area contributed by atoms with Crippen LogP contribution >= 0.6 is 0 Å². The Bertz CT molecular complexity index is 375. The summed E-state index contributed by atoms with van der Waals surface area (Å²) in [5.74, 6) is 1.57. The maximum absolute atomic E-state index is 6.91. The Morgan fingerprint density at radius 3 is 2.53 bits per heavy atom. The van der Waals surface area contributed by atoms with Gasteiger partial charge in [-0.25, -0.2) is 0 Å². The maximum Gasteiger partial charge on any atom is 0.0691 e. The molecule has 19 heavy (non-hydrogen) atoms. The highest BCUT2D eigenvalue weighted by Crippen LogP contribution is 2.58. The first-order valence-electron chi connectivity index (χ1n) is 8.17. The molecular weight excluding hydrogens is 236 g/mol. The molecule has 0 aromatic carbocycles. The van der Waals surface area contributed by atoms with Crippen LogP contribution in [-0.4, -0.2) is 42.3 Å². The van der Waals surface area contributed by atoms with E-state index in [9.17, 15) is 0 Å². The summed E-state index contributed by atoms with van der Waals surface area (Å²) in [5, 5.41) is 0. The van der Waals surface area contributed by atoms with Crippen LogP contribution in [0, 0.1) is 17.3 Å². The third kappa shape index (κ3) is 1.81. The van der Waals surface area contributed by atoms with E-state index < -0.39 is 0 Å². The van der Waals surface area contributed by atoms with E-state index in [1.165, 1.54) is 38.6 Å². The minimum absolute atomic E-state index is 0.0222. The van der Waals surface area contributed by atoms with Gasteiger partial charge in [0.15, 0.2) is 0 Å². The number of ether oxygens (including phenoxy) is 1. The number of hydrogen-bond donors (Lipinski definition) is 1. The Balaban J connectivity index is 1.50. The van der Waals surface area contributed by atoms with Gasteiger partial charge in [-0.3, -0.25) is 4.90 Å². The summed E-state index contributed by atoms with van der Waals surface area (Å²) in [7, 11) is 0. The molecule has 4 aliphatic rings. The molecule has 2 N–H and O–H groups in total. The van der Waals surface area contributed by atoms with Gasteiger partial charge in [0.2, 0.25) is 0 Å². The summed E-state index contributed by atoms with van der Waals surface area (Å²) < 4.78 is 5.92. The average molecular weight is 264 g/mol. The monoisotopic (exact) mass is 264 g/mol. The van der Waals surface area contributed by atoms with Crippen molar-refractivity contribution in [3.63, 3.8) is 0 Å². The van der Waals surface area contributed by atoms with E-state index in [2.05, 4.69) is 18.7 Å². The fourth-order valence-corrected chi connectivity index (χ4v) is 4.55. The highest BCUT2D eigenvalue weighted by atomic mass is 16.5. The van der Waals surface area contributed by atoms with Gasteiger partial charge in [0, 0.05) is 42.6 Å². The molecular formula is C16H28N2O. The van der Waals surface area contributed by atoms with Crippen molar-refractivity contribution in [3.8, 4) is 0 Å². The zero-order chi connectivity index (χ0) is 13.3. The average Bonchev–Trinajstić information content (AvgIpc) is 3.27. The second kappa shape index (κ2) is 3.96. The third-order valence-electron chi connectivity index (χ3n) is 6.38. The van der Waals surface area contributed by atoms with Crippen molar-refractivity contribution in [2.75, 3.05) is 19.7 Å². The molecule has 3 saturated carbocycles. The van der Waals surface area contributed by atoms with Crippen molar-refractivity contribution >= 4 is 0 Å². The Morgan fingerprint density at radius 1 is 1.16 bits per heavy atom. The van der Waals surface area contributed by atoms with E-state index in [0.29, 0.717) is 12.0 Å². The lowest BCUT2D eigenvalue weighted by Crippen LogP contribution is -2.78. The molecule has 4 fully saturated rings. The van der Waals surface area contributed by atoms with E-state index in [4.69, 9.17) is 10.5 Å². The van der Waals surface area contributed by atoms with Crippen molar-refractivity contribution in [2.45, 2.75) is 63.6 Å². The summed E-state index contributed by atoms with van der Waals surface area (Å²) in [6.07, 6.45) is 7.27. The van der Waals surface area contributed by atoms with Gasteiger partial charge in [0.25, 0.3) is 0 Å². The lowest BCUT2D eigenvalue weighted by atomic mass is 9.48. The Kier molecular flexibility index (Phi) is 2.63. The highest BCUT2D eigenvalue weighted by Gasteiger charge is 2.68. The largest absolute Gasteiger partial charge is 0.377 e. The molecule has 3 nitrogen and oxygen atoms in total. The van der Waals surface area contributed by atoms with Gasteiger partial charge in [-0.05, 0) is 38.0 Å². The molecule has 1 aliphatic heterocycles. The Hall–Kier alpha value is -0.120. The first-order chi connectivity index (χ1) is 9.02. The number of fused-ring (bicyclic) bond motifs is 1. The number of nitrogens with zero attached hydrogens (tertiary/aromatic N) is 1. The quantitative estimate of drug-likeness (QED) is 0.825. The van der Waals surface area contributed by atoms with Gasteiger partial charge < -0.3 is 10.5 Å². The van der Waals surface area contributed by atoms with Crippen molar-refractivity contribution in [3.05, 3.63) is 0 Å². The lowest BCUT2D eigenvalue weighted by molar-refractivity contribution is -0.164. The Morgan fingerprint density at radius 2 is 1.89 bits per heavy atom. The summed E-state index contributed by atoms with van der Waals surface area (Å²) in [6, 6.07) is 0.846. The zero-order valence-electron chi connectivity index (χ0n) is 12.4. The molecule has 3 aliphatic carbocycles. The molecule has 0 bridgehead atoms. The third-order valence-corrected chi connectivity index (χ3v) is 6.38. The van der Waals surface area contributed by atoms with Crippen molar-refractivity contribution in [1.29, 1.82) is 0 Å². The predicted molar refractivity (Wildman–Crippen MR) is 75.9 cm³/mol. The summed E-state index contributed by atoms with van der Waals surface area (Å²) >= 11 is 0. The standard InChI is InChI=1S/C16H28N2O/c1-15(2)14-13(7-8-19-14)16(15,17)10-18(12-5-6-12)9-11-3-4-11/h11-14H,3-10,17H2,1-2H3. The SMILES string of the molecule is CC1(C)C2OCCC2C1(N)CN(CC1CC1)C1CC1. The normalized spacial score (nSPS) is 44.2. The molecule has 0 aromatic heterocycles. The fourth-order valence-electron chi connectivity index (χ4n) is 4.55. The van der Waals surface area contributed by atoms with E-state index in [0.717, 1.165) is 25.1 Å². The van der Waals surface area contributed by atoms with E-state index in [1.807, 2.05) is 0 Å². The van der Waals surface area contributed by atoms with Gasteiger partial charge >= 0.3 is 0 Å². The van der Waals surface area contributed by atoms with Crippen molar-refractivity contribution < 1.29 is 4.74 Å². The molecule has 108 valence electrons. The molecule has 0 amide bonds. The molecule has 1 saturated heterocycles. The number of nitrogens with two attached hydrogens (primary N) is 1. The molecule has 3 unspecified atom stereocenters. The predicted octanol–water partition coefficient (Wildman–Crippen LogP) is 2.00. The van der Waals surface area contributed by atoms with Crippen LogP contribution in [0.2, 0.25) is 0 Å². The van der Waals surface area contributed by atoms with E-state index >= 15 is 0 Å². The zero-order valence-corrected chi connectivity index (χ0v) is 12.4. The number of hydrogen-bond acceptors (Lipinski definition) is 3. The molecule has 0 spiro atoms. The van der Waals surface area contributed by atoms with Gasteiger partial charge in [0.05, 0.1) is 6.10 Å². The topological polar surface area (TPSA) is 38.5 Å². The van der Waals surface area contributed by atoms with Crippen LogP contribution in [0.25, 0.3) is 0 Å². The second-order valence-electron chi connectivity index (χ2n) is 8.05. The minimum Gasteiger partial charge on any atom is -0.377 e. The van der Waals surface area contributed by atoms with Crippen LogP contribution in [0.5, 0.6) is 0 Å². The first kappa shape index (κ1) is 12.6. The molecule has 0 aromatic rings. The van der Waals surface area contributed by atoms with Crippen LogP contribution in [0.1, 0.15) is 46.0 Å². The van der Waals surface area contributed by atoms with Crippen LogP contribution in [0.4, 0.5) is 0 Å². The maximum atomic E-state index is 6.91. The van der Waals surface area contributed by atoms with Crippen LogP contribution in [0.3, 0.4) is 0 Å². The minimum atomic E-state index is -0.0222. The van der Waals surface area contributed by atoms with Gasteiger partial charge in [-0.1, -0.05) is 13.8 Å². The first-order valence-corrected chi connectivity index (χ1v) is 8.17. The molecule has 0 radical (unpaired) electrons. The molecule has 4 rings (SSSR count). The van der Waals surface area contributed by atoms with Gasteiger partial charge in [-0.2, -0.15) is 0 Å². The highest BCUT2D eigenvalue weighted by molar-refractivity contribution is 5.22. The summed E-state index contributed by atoms with van der Waals surface area (Å²) in [5.41, 5.74) is 7.03. The van der Waals surface area contributed by atoms with Gasteiger partial charge in [0.1, 0.15) is 0 Å². The van der Waals surface area contributed by atoms with Crippen LogP contribution in [0.15, 0.2) is 0 Å². The lowest BCUT2D eigenvalue weighted by Gasteiger charge is -2.63. The number of rotatable bonds is 5. The van der Waals surface area contributed by atoms with E-state index in [1.54, 1.807) is 0 Å². The molecule has 3 atom stereocenters.